The smallest absolute Gasteiger partial charge is 0.159 e. The number of halogens is 2. The molecule has 4 unspecified atom stereocenters. The van der Waals surface area contributed by atoms with Crippen molar-refractivity contribution < 1.29 is 14.9 Å². The van der Waals surface area contributed by atoms with E-state index in [1.807, 2.05) is 25.1 Å². The van der Waals surface area contributed by atoms with Crippen molar-refractivity contribution in [2.45, 2.75) is 37.7 Å². The van der Waals surface area contributed by atoms with Crippen LogP contribution in [0.5, 0.6) is 0 Å². The molecule has 2 aromatic carbocycles. The SMILES string of the molecule is Cc1nc2ccc(N=C(N=CN)C3CC(n4cc(-c5ccc(Cl)c(Cl)c5)nn4)C(O)C(CO)O3)cc2s1. The number of aliphatic hydroxyl groups excluding tert-OH is 2. The Morgan fingerprint density at radius 3 is 2.86 bits per heavy atom. The van der Waals surface area contributed by atoms with Gasteiger partial charge in [-0.15, -0.1) is 16.4 Å². The van der Waals surface area contributed by atoms with Crippen LogP contribution in [0.2, 0.25) is 10.0 Å². The highest BCUT2D eigenvalue weighted by atomic mass is 35.5. The molecular formula is C24H23Cl2N7O3S. The largest absolute Gasteiger partial charge is 0.394 e. The summed E-state index contributed by atoms with van der Waals surface area (Å²) in [5, 5.41) is 31.2. The van der Waals surface area contributed by atoms with Gasteiger partial charge in [-0.3, -0.25) is 0 Å². The van der Waals surface area contributed by atoms with Gasteiger partial charge in [0.05, 0.1) is 56.1 Å². The van der Waals surface area contributed by atoms with Crippen LogP contribution in [0.25, 0.3) is 21.5 Å². The van der Waals surface area contributed by atoms with Gasteiger partial charge in [0.15, 0.2) is 5.84 Å². The number of aryl methyl sites for hydroxylation is 1. The Morgan fingerprint density at radius 1 is 1.27 bits per heavy atom. The summed E-state index contributed by atoms with van der Waals surface area (Å²) in [7, 11) is 0. The van der Waals surface area contributed by atoms with E-state index in [1.54, 1.807) is 40.4 Å². The molecule has 3 heterocycles. The zero-order valence-electron chi connectivity index (χ0n) is 19.6. The van der Waals surface area contributed by atoms with Gasteiger partial charge in [-0.1, -0.05) is 34.5 Å². The summed E-state index contributed by atoms with van der Waals surface area (Å²) in [4.78, 5) is 13.4. The highest BCUT2D eigenvalue weighted by molar-refractivity contribution is 7.18. The van der Waals surface area contributed by atoms with Gasteiger partial charge in [-0.05, 0) is 37.3 Å². The van der Waals surface area contributed by atoms with Gasteiger partial charge < -0.3 is 20.7 Å². The Morgan fingerprint density at radius 2 is 2.11 bits per heavy atom. The number of fused-ring (bicyclic) bond motifs is 1. The Labute approximate surface area is 226 Å². The van der Waals surface area contributed by atoms with Crippen LogP contribution < -0.4 is 5.73 Å². The van der Waals surface area contributed by atoms with Crippen molar-refractivity contribution in [1.29, 1.82) is 0 Å². The van der Waals surface area contributed by atoms with Crippen LogP contribution in [0.15, 0.2) is 52.6 Å². The van der Waals surface area contributed by atoms with E-state index in [0.717, 1.165) is 27.1 Å². The van der Waals surface area contributed by atoms with Crippen LogP contribution in [-0.4, -0.2) is 67.3 Å². The number of aromatic nitrogens is 4. The molecular weight excluding hydrogens is 537 g/mol. The fourth-order valence-electron chi connectivity index (χ4n) is 4.25. The summed E-state index contributed by atoms with van der Waals surface area (Å²) in [5.74, 6) is 0.309. The predicted molar refractivity (Wildman–Crippen MR) is 145 cm³/mol. The summed E-state index contributed by atoms with van der Waals surface area (Å²) in [6.07, 6.45) is 0.480. The van der Waals surface area contributed by atoms with E-state index in [2.05, 4.69) is 25.3 Å². The number of benzene rings is 2. The molecule has 4 aromatic rings. The Hall–Kier alpha value is -2.93. The summed E-state index contributed by atoms with van der Waals surface area (Å²) < 4.78 is 8.55. The van der Waals surface area contributed by atoms with Crippen molar-refractivity contribution in [3.05, 3.63) is 57.6 Å². The van der Waals surface area contributed by atoms with E-state index in [4.69, 9.17) is 33.7 Å². The van der Waals surface area contributed by atoms with E-state index in [0.29, 0.717) is 27.3 Å². The number of aliphatic imine (C=N–C) groups is 2. The van der Waals surface area contributed by atoms with Gasteiger partial charge >= 0.3 is 0 Å². The maximum atomic E-state index is 11.0. The van der Waals surface area contributed by atoms with Gasteiger partial charge in [-0.25, -0.2) is 19.7 Å². The van der Waals surface area contributed by atoms with Crippen molar-refractivity contribution in [2.24, 2.45) is 15.7 Å². The molecule has 4 N–H and O–H groups in total. The Balaban J connectivity index is 1.46. The van der Waals surface area contributed by atoms with Gasteiger partial charge in [0.1, 0.15) is 24.0 Å². The molecule has 4 atom stereocenters. The molecule has 1 aliphatic heterocycles. The monoisotopic (exact) mass is 559 g/mol. The van der Waals surface area contributed by atoms with Crippen molar-refractivity contribution in [1.82, 2.24) is 20.0 Å². The molecule has 0 aliphatic carbocycles. The molecule has 1 fully saturated rings. The lowest BCUT2D eigenvalue weighted by Crippen LogP contribution is -2.49. The van der Waals surface area contributed by atoms with Gasteiger partial charge in [0.25, 0.3) is 0 Å². The molecule has 13 heteroatoms. The van der Waals surface area contributed by atoms with Gasteiger partial charge in [-0.2, -0.15) is 0 Å². The van der Waals surface area contributed by atoms with Crippen LogP contribution in [0, 0.1) is 6.92 Å². The lowest BCUT2D eigenvalue weighted by molar-refractivity contribution is -0.137. The lowest BCUT2D eigenvalue weighted by Gasteiger charge is -2.38. The number of hydrogen-bond donors (Lipinski definition) is 3. The van der Waals surface area contributed by atoms with Gasteiger partial charge in [0, 0.05) is 12.0 Å². The van der Waals surface area contributed by atoms with E-state index < -0.39 is 31.0 Å². The quantitative estimate of drug-likeness (QED) is 0.248. The first-order valence-electron chi connectivity index (χ1n) is 11.4. The number of thiazole rings is 1. The standard InChI is InChI=1S/C24H23Cl2N7O3S/c1-12-29-17-5-3-14(7-22(17)37-12)30-24(28-11-27)20-8-19(23(35)21(10-34)36-20)33-9-18(31-32-33)13-2-4-15(25)16(26)6-13/h2-7,9,11,19-21,23,34-35H,8,10H2,1H3,(H2,27,28,30). The van der Waals surface area contributed by atoms with Crippen molar-refractivity contribution >= 4 is 62.6 Å². The second-order valence-electron chi connectivity index (χ2n) is 8.49. The minimum Gasteiger partial charge on any atom is -0.394 e. The third kappa shape index (κ3) is 5.37. The minimum absolute atomic E-state index is 0.264. The van der Waals surface area contributed by atoms with Crippen LogP contribution in [0.4, 0.5) is 5.69 Å². The minimum atomic E-state index is -1.05. The normalized spacial score (nSPS) is 22.8. The summed E-state index contributed by atoms with van der Waals surface area (Å²) in [6.45, 7) is 1.54. The molecule has 192 valence electrons. The Bertz CT molecular complexity index is 1490. The second kappa shape index (κ2) is 10.8. The highest BCUT2D eigenvalue weighted by Gasteiger charge is 2.41. The van der Waals surface area contributed by atoms with Crippen LogP contribution >= 0.6 is 34.5 Å². The van der Waals surface area contributed by atoms with E-state index in [-0.39, 0.29) is 6.42 Å². The first-order valence-corrected chi connectivity index (χ1v) is 12.9. The topological polar surface area (TPSA) is 144 Å². The Kier molecular flexibility index (Phi) is 7.52. The first kappa shape index (κ1) is 25.7. The highest BCUT2D eigenvalue weighted by Crippen LogP contribution is 2.33. The molecule has 1 aliphatic rings. The van der Waals surface area contributed by atoms with Gasteiger partial charge in [0.2, 0.25) is 0 Å². The van der Waals surface area contributed by atoms with Crippen LogP contribution in [-0.2, 0) is 4.74 Å². The third-order valence-electron chi connectivity index (χ3n) is 6.03. The maximum Gasteiger partial charge on any atom is 0.159 e. The summed E-state index contributed by atoms with van der Waals surface area (Å²) >= 11 is 13.8. The van der Waals surface area contributed by atoms with Crippen molar-refractivity contribution in [3.63, 3.8) is 0 Å². The molecule has 0 radical (unpaired) electrons. The fourth-order valence-corrected chi connectivity index (χ4v) is 5.41. The zero-order chi connectivity index (χ0) is 26.1. The second-order valence-corrected chi connectivity index (χ2v) is 10.5. The van der Waals surface area contributed by atoms with Crippen LogP contribution in [0.3, 0.4) is 0 Å². The lowest BCUT2D eigenvalue weighted by atomic mass is 9.95. The molecule has 0 amide bonds. The average Bonchev–Trinajstić information content (AvgIpc) is 3.51. The predicted octanol–water partition coefficient (Wildman–Crippen LogP) is 3.94. The third-order valence-corrected chi connectivity index (χ3v) is 7.71. The molecule has 37 heavy (non-hydrogen) atoms. The molecule has 0 saturated carbocycles. The molecule has 5 rings (SSSR count). The first-order chi connectivity index (χ1) is 17.9. The maximum absolute atomic E-state index is 11.0. The molecule has 10 nitrogen and oxygen atoms in total. The number of amidine groups is 1. The number of rotatable bonds is 5. The van der Waals surface area contributed by atoms with Crippen LogP contribution in [0.1, 0.15) is 17.5 Å². The number of nitrogens with two attached hydrogens (primary N) is 1. The van der Waals surface area contributed by atoms with E-state index in [9.17, 15) is 10.2 Å². The number of hydrogen-bond acceptors (Lipinski definition) is 8. The molecule has 1 saturated heterocycles. The number of ether oxygens (including phenoxy) is 1. The fraction of sp³-hybridized carbons (Fsp3) is 0.292. The van der Waals surface area contributed by atoms with E-state index in [1.165, 1.54) is 0 Å². The molecule has 0 bridgehead atoms. The molecule has 2 aromatic heterocycles. The summed E-state index contributed by atoms with van der Waals surface area (Å²) in [6, 6.07) is 10.2. The zero-order valence-corrected chi connectivity index (χ0v) is 21.9. The number of nitrogens with zero attached hydrogens (tertiary/aromatic N) is 6. The van der Waals surface area contributed by atoms with E-state index >= 15 is 0 Å². The number of aliphatic hydroxyl groups is 2. The van der Waals surface area contributed by atoms with Crippen molar-refractivity contribution in [2.75, 3.05) is 6.61 Å². The molecule has 0 spiro atoms. The summed E-state index contributed by atoms with van der Waals surface area (Å²) in [5.41, 5.74) is 8.46. The van der Waals surface area contributed by atoms with Crippen molar-refractivity contribution in [3.8, 4) is 11.3 Å². The average molecular weight is 560 g/mol.